The molecular weight excluding hydrogens is 464 g/mol. The van der Waals surface area contributed by atoms with Gasteiger partial charge in [-0.2, -0.15) is 4.31 Å². The van der Waals surface area contributed by atoms with E-state index in [1.54, 1.807) is 6.08 Å². The van der Waals surface area contributed by atoms with Gasteiger partial charge >= 0.3 is 0 Å². The van der Waals surface area contributed by atoms with E-state index in [0.717, 1.165) is 30.0 Å². The fourth-order valence-corrected chi connectivity index (χ4v) is 5.68. The second-order valence-electron chi connectivity index (χ2n) is 9.19. The second kappa shape index (κ2) is 11.3. The van der Waals surface area contributed by atoms with Crippen molar-refractivity contribution in [3.8, 4) is 0 Å². The Morgan fingerprint density at radius 2 is 1.60 bits per heavy atom. The first-order valence-electron chi connectivity index (χ1n) is 12.0. The molecule has 0 aromatic heterocycles. The summed E-state index contributed by atoms with van der Waals surface area (Å²) in [5.74, 6) is -0.105. The lowest BCUT2D eigenvalue weighted by Gasteiger charge is -2.36. The largest absolute Gasteiger partial charge is 0.372 e. The van der Waals surface area contributed by atoms with Crippen molar-refractivity contribution in [2.75, 3.05) is 56.0 Å². The molecule has 1 amide bonds. The normalized spacial score (nSPS) is 22.4. The quantitative estimate of drug-likeness (QED) is 0.632. The predicted octanol–water partition coefficient (Wildman–Crippen LogP) is 2.86. The number of nitrogens with one attached hydrogen (secondary N) is 1. The SMILES string of the molecule is CC1CN(c2ccc(NC(=O)CN3CCN(S(=O)(=O)/C=C/c4ccccc4)CC3)cc2)CC(C)O1. The molecule has 2 unspecified atom stereocenters. The molecule has 35 heavy (non-hydrogen) atoms. The van der Waals surface area contributed by atoms with Crippen molar-refractivity contribution >= 4 is 33.4 Å². The van der Waals surface area contributed by atoms with Crippen LogP contribution in [-0.4, -0.2) is 81.6 Å². The number of benzene rings is 2. The summed E-state index contributed by atoms with van der Waals surface area (Å²) in [6.07, 6.45) is 1.99. The lowest BCUT2D eigenvalue weighted by molar-refractivity contribution is -0.117. The summed E-state index contributed by atoms with van der Waals surface area (Å²) in [7, 11) is -3.49. The summed E-state index contributed by atoms with van der Waals surface area (Å²) < 4.78 is 32.5. The van der Waals surface area contributed by atoms with Gasteiger partial charge in [0.25, 0.3) is 0 Å². The number of amides is 1. The number of rotatable bonds is 7. The van der Waals surface area contributed by atoms with Crippen LogP contribution in [0.2, 0.25) is 0 Å². The van der Waals surface area contributed by atoms with Gasteiger partial charge in [0.15, 0.2) is 0 Å². The van der Waals surface area contributed by atoms with Gasteiger partial charge in [-0.25, -0.2) is 8.42 Å². The van der Waals surface area contributed by atoms with Crippen LogP contribution in [0.5, 0.6) is 0 Å². The van der Waals surface area contributed by atoms with Crippen molar-refractivity contribution in [1.82, 2.24) is 9.21 Å². The van der Waals surface area contributed by atoms with E-state index < -0.39 is 10.0 Å². The van der Waals surface area contributed by atoms with Crippen molar-refractivity contribution in [2.45, 2.75) is 26.1 Å². The van der Waals surface area contributed by atoms with E-state index in [2.05, 4.69) is 24.1 Å². The molecule has 188 valence electrons. The summed E-state index contributed by atoms with van der Waals surface area (Å²) in [4.78, 5) is 16.8. The lowest BCUT2D eigenvalue weighted by Crippen LogP contribution is -2.49. The molecule has 2 aliphatic heterocycles. The Hall–Kier alpha value is -2.72. The van der Waals surface area contributed by atoms with Crippen LogP contribution in [-0.2, 0) is 19.6 Å². The van der Waals surface area contributed by atoms with E-state index in [-0.39, 0.29) is 24.7 Å². The van der Waals surface area contributed by atoms with Crippen LogP contribution < -0.4 is 10.2 Å². The first kappa shape index (κ1) is 25.4. The van der Waals surface area contributed by atoms with Crippen molar-refractivity contribution in [2.24, 2.45) is 0 Å². The third-order valence-electron chi connectivity index (χ3n) is 6.23. The Morgan fingerprint density at radius 3 is 2.23 bits per heavy atom. The molecule has 2 aromatic rings. The third-order valence-corrected chi connectivity index (χ3v) is 7.79. The average Bonchev–Trinajstić information content (AvgIpc) is 2.84. The highest BCUT2D eigenvalue weighted by molar-refractivity contribution is 7.92. The molecule has 0 spiro atoms. The van der Waals surface area contributed by atoms with E-state index in [9.17, 15) is 13.2 Å². The predicted molar refractivity (Wildman–Crippen MR) is 140 cm³/mol. The van der Waals surface area contributed by atoms with Crippen molar-refractivity contribution < 1.29 is 17.9 Å². The summed E-state index contributed by atoms with van der Waals surface area (Å²) >= 11 is 0. The molecule has 0 aliphatic carbocycles. The Balaban J connectivity index is 1.24. The maximum atomic E-state index is 12.6. The highest BCUT2D eigenvalue weighted by atomic mass is 32.2. The van der Waals surface area contributed by atoms with Gasteiger partial charge in [-0.1, -0.05) is 30.3 Å². The molecule has 0 bridgehead atoms. The second-order valence-corrected chi connectivity index (χ2v) is 11.0. The Labute approximate surface area is 208 Å². The number of anilines is 2. The third kappa shape index (κ3) is 7.14. The maximum absolute atomic E-state index is 12.6. The number of carbonyl (C=O) groups excluding carboxylic acids is 1. The van der Waals surface area contributed by atoms with E-state index in [1.807, 2.05) is 59.5 Å². The molecule has 8 nitrogen and oxygen atoms in total. The fraction of sp³-hybridized carbons (Fsp3) is 0.423. The zero-order valence-electron chi connectivity index (χ0n) is 20.3. The minimum atomic E-state index is -3.49. The number of carbonyl (C=O) groups is 1. The van der Waals surface area contributed by atoms with Crippen LogP contribution in [0.4, 0.5) is 11.4 Å². The van der Waals surface area contributed by atoms with Gasteiger partial charge in [-0.3, -0.25) is 9.69 Å². The van der Waals surface area contributed by atoms with Crippen LogP contribution >= 0.6 is 0 Å². The van der Waals surface area contributed by atoms with Crippen LogP contribution in [0.15, 0.2) is 60.0 Å². The molecule has 2 aromatic carbocycles. The van der Waals surface area contributed by atoms with E-state index >= 15 is 0 Å². The first-order valence-corrected chi connectivity index (χ1v) is 13.5. The minimum absolute atomic E-state index is 0.105. The number of ether oxygens (including phenoxy) is 1. The number of sulfonamides is 1. The molecule has 2 heterocycles. The first-order chi connectivity index (χ1) is 16.8. The fourth-order valence-electron chi connectivity index (χ4n) is 4.50. The molecule has 0 saturated carbocycles. The standard InChI is InChI=1S/C26H34N4O4S/c1-21-18-29(19-22(2)34-21)25-10-8-24(9-11-25)27-26(31)20-28-13-15-30(16-14-28)35(32,33)17-12-23-6-4-3-5-7-23/h3-12,17,21-22H,13-16,18-20H2,1-2H3,(H,27,31)/b17-12+. The van der Waals surface area contributed by atoms with Crippen LogP contribution in [0, 0.1) is 0 Å². The smallest absolute Gasteiger partial charge is 0.238 e. The van der Waals surface area contributed by atoms with Crippen molar-refractivity contribution in [1.29, 1.82) is 0 Å². The zero-order chi connectivity index (χ0) is 24.8. The Kier molecular flexibility index (Phi) is 8.22. The number of hydrogen-bond acceptors (Lipinski definition) is 6. The molecule has 9 heteroatoms. The summed E-state index contributed by atoms with van der Waals surface area (Å²) in [5.41, 5.74) is 2.71. The Morgan fingerprint density at radius 1 is 0.971 bits per heavy atom. The zero-order valence-corrected chi connectivity index (χ0v) is 21.2. The average molecular weight is 499 g/mol. The van der Waals surface area contributed by atoms with Crippen molar-refractivity contribution in [3.63, 3.8) is 0 Å². The molecule has 2 atom stereocenters. The maximum Gasteiger partial charge on any atom is 0.238 e. The highest BCUT2D eigenvalue weighted by Crippen LogP contribution is 2.22. The van der Waals surface area contributed by atoms with E-state index in [0.29, 0.717) is 26.2 Å². The van der Waals surface area contributed by atoms with Gasteiger partial charge in [0, 0.05) is 56.1 Å². The Bertz CT molecular complexity index is 1100. The van der Waals surface area contributed by atoms with Crippen molar-refractivity contribution in [3.05, 3.63) is 65.6 Å². The number of piperazine rings is 1. The molecule has 2 fully saturated rings. The molecule has 4 rings (SSSR count). The summed E-state index contributed by atoms with van der Waals surface area (Å²) in [6.45, 7) is 7.82. The summed E-state index contributed by atoms with van der Waals surface area (Å²) in [5, 5.41) is 4.21. The van der Waals surface area contributed by atoms with Crippen LogP contribution in [0.25, 0.3) is 6.08 Å². The summed E-state index contributed by atoms with van der Waals surface area (Å²) in [6, 6.07) is 17.2. The van der Waals surface area contributed by atoms with E-state index in [4.69, 9.17) is 4.74 Å². The van der Waals surface area contributed by atoms with Gasteiger partial charge in [0.2, 0.25) is 15.9 Å². The number of morpholine rings is 1. The monoisotopic (exact) mass is 498 g/mol. The molecule has 1 N–H and O–H groups in total. The van der Waals surface area contributed by atoms with Gasteiger partial charge in [-0.05, 0) is 49.8 Å². The van der Waals surface area contributed by atoms with Gasteiger partial charge < -0.3 is 15.0 Å². The van der Waals surface area contributed by atoms with E-state index in [1.165, 1.54) is 9.71 Å². The van der Waals surface area contributed by atoms with Gasteiger partial charge in [-0.15, -0.1) is 0 Å². The minimum Gasteiger partial charge on any atom is -0.372 e. The molecule has 2 saturated heterocycles. The lowest BCUT2D eigenvalue weighted by atomic mass is 10.2. The van der Waals surface area contributed by atoms with Gasteiger partial charge in [0.05, 0.1) is 18.8 Å². The highest BCUT2D eigenvalue weighted by Gasteiger charge is 2.26. The van der Waals surface area contributed by atoms with Crippen LogP contribution in [0.1, 0.15) is 19.4 Å². The molecule has 2 aliphatic rings. The van der Waals surface area contributed by atoms with Crippen LogP contribution in [0.3, 0.4) is 0 Å². The molecule has 0 radical (unpaired) electrons. The topological polar surface area (TPSA) is 82.2 Å². The number of nitrogens with zero attached hydrogens (tertiary/aromatic N) is 3. The number of hydrogen-bond donors (Lipinski definition) is 1. The van der Waals surface area contributed by atoms with Gasteiger partial charge in [0.1, 0.15) is 0 Å². The molecular formula is C26H34N4O4S.